The Kier molecular flexibility index (Phi) is 3.25. The minimum absolute atomic E-state index is 0.309. The molecule has 1 N–H and O–H groups in total. The monoisotopic (exact) mass is 243 g/mol. The highest BCUT2D eigenvalue weighted by molar-refractivity contribution is 5.94. The van der Waals surface area contributed by atoms with Crippen molar-refractivity contribution in [3.8, 4) is 11.8 Å². The van der Waals surface area contributed by atoms with Crippen LogP contribution >= 0.6 is 0 Å². The van der Waals surface area contributed by atoms with Crippen molar-refractivity contribution < 1.29 is 14.2 Å². The predicted octanol–water partition coefficient (Wildman–Crippen LogP) is 1.58. The fourth-order valence-electron chi connectivity index (χ4n) is 1.27. The smallest absolute Gasteiger partial charge is 0.289 e. The first-order valence-corrected chi connectivity index (χ1v) is 5.09. The lowest BCUT2D eigenvalue weighted by Crippen LogP contribution is -2.27. The number of carbonyl (C=O) groups is 1. The first kappa shape index (κ1) is 11.7. The van der Waals surface area contributed by atoms with Gasteiger partial charge in [0.05, 0.1) is 17.8 Å². The fraction of sp³-hybridized carbons (Fsp3) is 0.0833. The average Bonchev–Trinajstić information content (AvgIpc) is 2.83. The van der Waals surface area contributed by atoms with Gasteiger partial charge in [-0.1, -0.05) is 5.16 Å². The van der Waals surface area contributed by atoms with E-state index in [-0.39, 0.29) is 0 Å². The van der Waals surface area contributed by atoms with Crippen molar-refractivity contribution >= 4 is 5.91 Å². The van der Waals surface area contributed by atoms with E-state index in [4.69, 9.17) is 14.6 Å². The van der Waals surface area contributed by atoms with Gasteiger partial charge in [0.1, 0.15) is 11.3 Å². The molecule has 1 heterocycles. The lowest BCUT2D eigenvalue weighted by atomic mass is 10.2. The number of nitriles is 1. The zero-order valence-electron chi connectivity index (χ0n) is 9.51. The third kappa shape index (κ3) is 2.47. The van der Waals surface area contributed by atoms with Crippen LogP contribution in [0.4, 0.5) is 0 Å². The normalized spacial score (nSPS) is 9.56. The molecule has 18 heavy (non-hydrogen) atoms. The van der Waals surface area contributed by atoms with Gasteiger partial charge in [-0.15, -0.1) is 0 Å². The summed E-state index contributed by atoms with van der Waals surface area (Å²) in [5.41, 5.74) is 3.08. The molecule has 1 aromatic carbocycles. The van der Waals surface area contributed by atoms with Gasteiger partial charge in [-0.3, -0.25) is 4.79 Å². The molecule has 1 aromatic heterocycles. The van der Waals surface area contributed by atoms with E-state index in [1.807, 2.05) is 6.07 Å². The summed E-state index contributed by atoms with van der Waals surface area (Å²) >= 11 is 0. The molecule has 90 valence electrons. The molecule has 0 aliphatic heterocycles. The summed E-state index contributed by atoms with van der Waals surface area (Å²) in [5, 5.41) is 12.1. The quantitative estimate of drug-likeness (QED) is 0.827. The van der Waals surface area contributed by atoms with E-state index in [1.54, 1.807) is 31.2 Å². The van der Waals surface area contributed by atoms with E-state index < -0.39 is 5.91 Å². The number of hydrogen-bond acceptors (Lipinski definition) is 5. The number of hydrogen-bond donors (Lipinski definition) is 1. The first-order chi connectivity index (χ1) is 8.70. The number of amides is 1. The number of nitrogens with zero attached hydrogens (tertiary/aromatic N) is 2. The SMILES string of the molecule is Cc1oncc1C(=O)NOc1ccc(C#N)cc1. The largest absolute Gasteiger partial charge is 0.379 e. The van der Waals surface area contributed by atoms with Gasteiger partial charge in [0.25, 0.3) is 5.91 Å². The van der Waals surface area contributed by atoms with Crippen LogP contribution < -0.4 is 10.3 Å². The molecule has 0 atom stereocenters. The number of carbonyl (C=O) groups excluding carboxylic acids is 1. The van der Waals surface area contributed by atoms with Gasteiger partial charge in [0.2, 0.25) is 0 Å². The van der Waals surface area contributed by atoms with Crippen LogP contribution in [0.25, 0.3) is 0 Å². The van der Waals surface area contributed by atoms with Crippen molar-refractivity contribution in [2.45, 2.75) is 6.92 Å². The second kappa shape index (κ2) is 5.01. The molecular weight excluding hydrogens is 234 g/mol. The summed E-state index contributed by atoms with van der Waals surface area (Å²) < 4.78 is 4.77. The van der Waals surface area contributed by atoms with Gasteiger partial charge in [-0.05, 0) is 31.2 Å². The minimum atomic E-state index is -0.446. The standard InChI is InChI=1S/C12H9N3O3/c1-8-11(7-14-17-8)12(16)15-18-10-4-2-9(6-13)3-5-10/h2-5,7H,1H3,(H,15,16). The number of hydroxylamine groups is 1. The van der Waals surface area contributed by atoms with Crippen molar-refractivity contribution in [3.63, 3.8) is 0 Å². The highest BCUT2D eigenvalue weighted by atomic mass is 16.7. The van der Waals surface area contributed by atoms with Crippen LogP contribution in [0.15, 0.2) is 35.0 Å². The van der Waals surface area contributed by atoms with E-state index >= 15 is 0 Å². The Morgan fingerprint density at radius 1 is 1.44 bits per heavy atom. The molecule has 6 heteroatoms. The van der Waals surface area contributed by atoms with Crippen molar-refractivity contribution in [1.29, 1.82) is 5.26 Å². The highest BCUT2D eigenvalue weighted by Crippen LogP contribution is 2.11. The average molecular weight is 243 g/mol. The zero-order chi connectivity index (χ0) is 13.0. The van der Waals surface area contributed by atoms with Crippen LogP contribution in [0.2, 0.25) is 0 Å². The van der Waals surface area contributed by atoms with E-state index in [9.17, 15) is 4.79 Å². The molecule has 6 nitrogen and oxygen atoms in total. The highest BCUT2D eigenvalue weighted by Gasteiger charge is 2.12. The molecule has 0 fully saturated rings. The first-order valence-electron chi connectivity index (χ1n) is 5.09. The number of benzene rings is 1. The molecule has 2 rings (SSSR count). The van der Waals surface area contributed by atoms with E-state index in [0.717, 1.165) is 0 Å². The van der Waals surface area contributed by atoms with Crippen LogP contribution in [0, 0.1) is 18.3 Å². The topological polar surface area (TPSA) is 88.2 Å². The summed E-state index contributed by atoms with van der Waals surface area (Å²) in [7, 11) is 0. The third-order valence-electron chi connectivity index (χ3n) is 2.24. The zero-order valence-corrected chi connectivity index (χ0v) is 9.51. The molecule has 2 aromatic rings. The van der Waals surface area contributed by atoms with Crippen LogP contribution in [0.5, 0.6) is 5.75 Å². The number of aromatic nitrogens is 1. The Labute approximate surface area is 103 Å². The lowest BCUT2D eigenvalue weighted by molar-refractivity contribution is 0.0758. The van der Waals surface area contributed by atoms with Crippen LogP contribution in [-0.4, -0.2) is 11.1 Å². The Bertz CT molecular complexity index is 596. The molecule has 0 spiro atoms. The van der Waals surface area contributed by atoms with Gasteiger partial charge >= 0.3 is 0 Å². The van der Waals surface area contributed by atoms with Crippen molar-refractivity contribution in [3.05, 3.63) is 47.3 Å². The fourth-order valence-corrected chi connectivity index (χ4v) is 1.27. The number of rotatable bonds is 3. The Balaban J connectivity index is 1.97. The summed E-state index contributed by atoms with van der Waals surface area (Å²) in [6, 6.07) is 8.33. The molecular formula is C12H9N3O3. The van der Waals surface area contributed by atoms with Gasteiger partial charge < -0.3 is 9.36 Å². The van der Waals surface area contributed by atoms with Gasteiger partial charge in [-0.2, -0.15) is 10.7 Å². The predicted molar refractivity (Wildman–Crippen MR) is 60.5 cm³/mol. The molecule has 0 saturated heterocycles. The maximum atomic E-state index is 11.6. The van der Waals surface area contributed by atoms with Gasteiger partial charge in [0.15, 0.2) is 5.75 Å². The second-order valence-electron chi connectivity index (χ2n) is 3.47. The summed E-state index contributed by atoms with van der Waals surface area (Å²) in [6.45, 7) is 1.63. The van der Waals surface area contributed by atoms with E-state index in [0.29, 0.717) is 22.6 Å². The van der Waals surface area contributed by atoms with Gasteiger partial charge in [-0.25, -0.2) is 0 Å². The van der Waals surface area contributed by atoms with Crippen LogP contribution in [0.3, 0.4) is 0 Å². The lowest BCUT2D eigenvalue weighted by Gasteiger charge is -2.05. The number of aryl methyl sites for hydroxylation is 1. The second-order valence-corrected chi connectivity index (χ2v) is 3.47. The Hall–Kier alpha value is -2.81. The molecule has 0 saturated carbocycles. The molecule has 0 bridgehead atoms. The van der Waals surface area contributed by atoms with E-state index in [1.165, 1.54) is 6.20 Å². The van der Waals surface area contributed by atoms with Crippen molar-refractivity contribution in [1.82, 2.24) is 10.6 Å². The molecule has 0 aliphatic rings. The minimum Gasteiger partial charge on any atom is -0.379 e. The van der Waals surface area contributed by atoms with Crippen molar-refractivity contribution in [2.24, 2.45) is 0 Å². The molecule has 0 unspecified atom stereocenters. The third-order valence-corrected chi connectivity index (χ3v) is 2.24. The Morgan fingerprint density at radius 3 is 2.72 bits per heavy atom. The van der Waals surface area contributed by atoms with Crippen molar-refractivity contribution in [2.75, 3.05) is 0 Å². The molecule has 0 radical (unpaired) electrons. The molecule has 1 amide bonds. The van der Waals surface area contributed by atoms with Gasteiger partial charge in [0, 0.05) is 0 Å². The summed E-state index contributed by atoms with van der Waals surface area (Å²) in [6.07, 6.45) is 1.31. The van der Waals surface area contributed by atoms with Crippen LogP contribution in [0.1, 0.15) is 21.7 Å². The summed E-state index contributed by atoms with van der Waals surface area (Å²) in [4.78, 5) is 16.7. The van der Waals surface area contributed by atoms with Crippen LogP contribution in [-0.2, 0) is 0 Å². The maximum Gasteiger partial charge on any atom is 0.289 e. The number of nitrogens with one attached hydrogen (secondary N) is 1. The summed E-state index contributed by atoms with van der Waals surface area (Å²) in [5.74, 6) is 0.394. The molecule has 0 aliphatic carbocycles. The van der Waals surface area contributed by atoms with E-state index in [2.05, 4.69) is 10.6 Å². The maximum absolute atomic E-state index is 11.6. The Morgan fingerprint density at radius 2 is 2.17 bits per heavy atom.